The zero-order valence-corrected chi connectivity index (χ0v) is 16.6. The summed E-state index contributed by atoms with van der Waals surface area (Å²) in [6.45, 7) is -0.335. The van der Waals surface area contributed by atoms with Crippen LogP contribution in [0.1, 0.15) is 17.0 Å². The molecule has 0 radical (unpaired) electrons. The quantitative estimate of drug-likeness (QED) is 0.530. The fourth-order valence-corrected chi connectivity index (χ4v) is 2.76. The summed E-state index contributed by atoms with van der Waals surface area (Å²) >= 11 is 7.47. The Morgan fingerprint density at radius 1 is 1.18 bits per heavy atom. The number of halogens is 1. The molecule has 0 aliphatic rings. The van der Waals surface area contributed by atoms with Crippen LogP contribution in [0.2, 0.25) is 5.02 Å². The lowest BCUT2D eigenvalue weighted by Crippen LogP contribution is -2.53. The maximum Gasteiger partial charge on any atom is 0.287 e. The highest BCUT2D eigenvalue weighted by Gasteiger charge is 2.22. The van der Waals surface area contributed by atoms with Gasteiger partial charge in [0.2, 0.25) is 0 Å². The summed E-state index contributed by atoms with van der Waals surface area (Å²) in [6.07, 6.45) is 3.63. The molecule has 2 rings (SSSR count). The molecule has 0 saturated heterocycles. The van der Waals surface area contributed by atoms with Gasteiger partial charge in [0.25, 0.3) is 17.7 Å². The van der Waals surface area contributed by atoms with E-state index in [0.717, 1.165) is 0 Å². The van der Waals surface area contributed by atoms with Gasteiger partial charge in [-0.25, -0.2) is 0 Å². The maximum absolute atomic E-state index is 12.3. The van der Waals surface area contributed by atoms with Gasteiger partial charge >= 0.3 is 0 Å². The van der Waals surface area contributed by atoms with Crippen LogP contribution >= 0.6 is 23.4 Å². The molecular weight excluding hydrogens is 406 g/mol. The second-order valence-corrected chi connectivity index (χ2v) is 6.93. The molecule has 3 amide bonds. The van der Waals surface area contributed by atoms with E-state index in [0.29, 0.717) is 22.9 Å². The summed E-state index contributed by atoms with van der Waals surface area (Å²) in [6, 6.07) is 8.94. The second kappa shape index (κ2) is 11.3. The molecule has 0 aliphatic carbocycles. The highest BCUT2D eigenvalue weighted by atomic mass is 35.5. The summed E-state index contributed by atoms with van der Waals surface area (Å²) < 4.78 is 10.3. The maximum atomic E-state index is 12.3. The van der Waals surface area contributed by atoms with Crippen LogP contribution in [-0.4, -0.2) is 42.4 Å². The van der Waals surface area contributed by atoms with Gasteiger partial charge < -0.3 is 14.5 Å². The summed E-state index contributed by atoms with van der Waals surface area (Å²) in [7, 11) is 0. The van der Waals surface area contributed by atoms with Gasteiger partial charge in [0.1, 0.15) is 11.8 Å². The Morgan fingerprint density at radius 2 is 1.96 bits per heavy atom. The number of carbonyl (C=O) groups excluding carboxylic acids is 3. The van der Waals surface area contributed by atoms with Crippen LogP contribution in [0.4, 0.5) is 0 Å². The number of hydrogen-bond acceptors (Lipinski definition) is 6. The average molecular weight is 426 g/mol. The van der Waals surface area contributed by atoms with E-state index in [4.69, 9.17) is 20.8 Å². The Bertz CT molecular complexity index is 800. The first kappa shape index (κ1) is 21.6. The standard InChI is InChI=1S/C18H20ClN3O5S/c1-28-10-8-13(20-18(25)15-7-4-9-26-15)17(24)22-21-16(23)11-27-14-6-3-2-5-12(14)19/h2-7,9,13H,8,10-11H2,1H3,(H,20,25)(H,21,23)(H,22,24)/t13-/m1/s1. The van der Waals surface area contributed by atoms with Crippen molar-refractivity contribution in [2.75, 3.05) is 18.6 Å². The lowest BCUT2D eigenvalue weighted by atomic mass is 10.2. The van der Waals surface area contributed by atoms with E-state index >= 15 is 0 Å². The normalized spacial score (nSPS) is 11.4. The molecule has 1 heterocycles. The summed E-state index contributed by atoms with van der Waals surface area (Å²) in [5.41, 5.74) is 4.54. The lowest BCUT2D eigenvalue weighted by molar-refractivity contribution is -0.130. The van der Waals surface area contributed by atoms with E-state index in [9.17, 15) is 14.4 Å². The van der Waals surface area contributed by atoms with E-state index < -0.39 is 23.8 Å². The first-order valence-corrected chi connectivity index (χ1v) is 10.1. The molecule has 0 spiro atoms. The van der Waals surface area contributed by atoms with Gasteiger partial charge in [-0.3, -0.25) is 25.2 Å². The smallest absolute Gasteiger partial charge is 0.287 e. The molecule has 3 N–H and O–H groups in total. The second-order valence-electron chi connectivity index (χ2n) is 5.54. The Hall–Kier alpha value is -2.65. The average Bonchev–Trinajstić information content (AvgIpc) is 3.23. The predicted octanol–water partition coefficient (Wildman–Crippen LogP) is 2.01. The lowest BCUT2D eigenvalue weighted by Gasteiger charge is -2.18. The molecule has 0 fully saturated rings. The topological polar surface area (TPSA) is 110 Å². The van der Waals surface area contributed by atoms with Crippen LogP contribution in [0.25, 0.3) is 0 Å². The van der Waals surface area contributed by atoms with Crippen molar-refractivity contribution in [2.24, 2.45) is 0 Å². The number of ether oxygens (including phenoxy) is 1. The Balaban J connectivity index is 1.83. The van der Waals surface area contributed by atoms with Crippen molar-refractivity contribution in [3.8, 4) is 5.75 Å². The van der Waals surface area contributed by atoms with Crippen LogP contribution in [0.3, 0.4) is 0 Å². The molecule has 0 aliphatic heterocycles. The molecule has 1 aromatic heterocycles. The zero-order chi connectivity index (χ0) is 20.4. The zero-order valence-electron chi connectivity index (χ0n) is 15.1. The molecule has 0 bridgehead atoms. The molecule has 10 heteroatoms. The third-order valence-corrected chi connectivity index (χ3v) is 4.45. The number of hydrazine groups is 1. The third kappa shape index (κ3) is 6.82. The number of hydrogen-bond donors (Lipinski definition) is 3. The van der Waals surface area contributed by atoms with Crippen molar-refractivity contribution in [2.45, 2.75) is 12.5 Å². The number of carbonyl (C=O) groups is 3. The monoisotopic (exact) mass is 425 g/mol. The number of rotatable bonds is 9. The van der Waals surface area contributed by atoms with Crippen LogP contribution < -0.4 is 20.9 Å². The Kier molecular flexibility index (Phi) is 8.70. The van der Waals surface area contributed by atoms with Crippen LogP contribution in [0.5, 0.6) is 5.75 Å². The van der Waals surface area contributed by atoms with Gasteiger partial charge in [-0.1, -0.05) is 23.7 Å². The number of benzene rings is 1. The minimum Gasteiger partial charge on any atom is -0.482 e. The number of amides is 3. The fraction of sp³-hybridized carbons (Fsp3) is 0.278. The van der Waals surface area contributed by atoms with Gasteiger partial charge in [0.05, 0.1) is 11.3 Å². The largest absolute Gasteiger partial charge is 0.482 e. The van der Waals surface area contributed by atoms with Crippen molar-refractivity contribution >= 4 is 41.1 Å². The minimum atomic E-state index is -0.838. The van der Waals surface area contributed by atoms with Crippen LogP contribution in [0.15, 0.2) is 47.1 Å². The van der Waals surface area contributed by atoms with Gasteiger partial charge in [-0.2, -0.15) is 11.8 Å². The Morgan fingerprint density at radius 3 is 2.64 bits per heavy atom. The van der Waals surface area contributed by atoms with Gasteiger partial charge in [-0.15, -0.1) is 0 Å². The molecule has 0 unspecified atom stereocenters. The summed E-state index contributed by atoms with van der Waals surface area (Å²) in [4.78, 5) is 36.3. The number of thioether (sulfide) groups is 1. The first-order chi connectivity index (χ1) is 13.5. The van der Waals surface area contributed by atoms with Crippen molar-refractivity contribution in [3.05, 3.63) is 53.4 Å². The van der Waals surface area contributed by atoms with Gasteiger partial charge in [-0.05, 0) is 42.7 Å². The van der Waals surface area contributed by atoms with Crippen LogP contribution in [-0.2, 0) is 9.59 Å². The fourth-order valence-electron chi connectivity index (χ4n) is 2.10. The molecule has 8 nitrogen and oxygen atoms in total. The van der Waals surface area contributed by atoms with Crippen molar-refractivity contribution in [3.63, 3.8) is 0 Å². The molecular formula is C18H20ClN3O5S. The van der Waals surface area contributed by atoms with Crippen molar-refractivity contribution < 1.29 is 23.5 Å². The van der Waals surface area contributed by atoms with E-state index in [1.807, 2.05) is 6.26 Å². The first-order valence-electron chi connectivity index (χ1n) is 8.30. The minimum absolute atomic E-state index is 0.0964. The van der Waals surface area contributed by atoms with Crippen LogP contribution in [0, 0.1) is 0 Å². The van der Waals surface area contributed by atoms with E-state index in [1.165, 1.54) is 24.1 Å². The SMILES string of the molecule is CSCC[C@@H](NC(=O)c1ccco1)C(=O)NNC(=O)COc1ccccc1Cl. The highest BCUT2D eigenvalue weighted by molar-refractivity contribution is 7.98. The summed E-state index contributed by atoms with van der Waals surface area (Å²) in [5.74, 6) is -0.553. The summed E-state index contributed by atoms with van der Waals surface area (Å²) in [5, 5.41) is 2.96. The predicted molar refractivity (Wildman–Crippen MR) is 106 cm³/mol. The van der Waals surface area contributed by atoms with Gasteiger partial charge in [0, 0.05) is 0 Å². The number of furan rings is 1. The molecule has 1 atom stereocenters. The Labute approximate surface area is 171 Å². The third-order valence-electron chi connectivity index (χ3n) is 3.50. The molecule has 150 valence electrons. The van der Waals surface area contributed by atoms with Crippen molar-refractivity contribution in [1.82, 2.24) is 16.2 Å². The molecule has 1 aromatic carbocycles. The number of nitrogens with one attached hydrogen (secondary N) is 3. The number of para-hydroxylation sites is 1. The van der Waals surface area contributed by atoms with E-state index in [1.54, 1.807) is 30.3 Å². The molecule has 28 heavy (non-hydrogen) atoms. The molecule has 0 saturated carbocycles. The van der Waals surface area contributed by atoms with E-state index in [2.05, 4.69) is 16.2 Å². The van der Waals surface area contributed by atoms with E-state index in [-0.39, 0.29) is 12.4 Å². The highest BCUT2D eigenvalue weighted by Crippen LogP contribution is 2.22. The molecule has 2 aromatic rings. The van der Waals surface area contributed by atoms with Gasteiger partial charge in [0.15, 0.2) is 12.4 Å². The van der Waals surface area contributed by atoms with Crippen molar-refractivity contribution in [1.29, 1.82) is 0 Å².